The number of halogens is 3. The Morgan fingerprint density at radius 3 is 2.26 bits per heavy atom. The summed E-state index contributed by atoms with van der Waals surface area (Å²) in [6.07, 6.45) is -2.93. The van der Waals surface area contributed by atoms with E-state index in [4.69, 9.17) is 5.73 Å². The molecule has 4 nitrogen and oxygen atoms in total. The number of nitrogens with zero attached hydrogens (tertiary/aromatic N) is 1. The van der Waals surface area contributed by atoms with E-state index in [1.807, 2.05) is 0 Å². The second-order valence-electron chi connectivity index (χ2n) is 5.92. The first-order valence-electron chi connectivity index (χ1n) is 7.88. The highest BCUT2D eigenvalue weighted by Gasteiger charge is 2.30. The van der Waals surface area contributed by atoms with Gasteiger partial charge in [0.05, 0.1) is 11.3 Å². The molecule has 3 rings (SSSR count). The Morgan fingerprint density at radius 2 is 1.63 bits per heavy atom. The van der Waals surface area contributed by atoms with E-state index in [1.165, 1.54) is 12.3 Å². The molecule has 0 aliphatic heterocycles. The fourth-order valence-electron chi connectivity index (χ4n) is 2.68. The van der Waals surface area contributed by atoms with Gasteiger partial charge in [0.15, 0.2) is 0 Å². The number of nitrogen functional groups attached to an aromatic ring is 1. The van der Waals surface area contributed by atoms with Crippen molar-refractivity contribution >= 4 is 16.5 Å². The molecular weight excluding hydrogens is 377 g/mol. The maximum atomic E-state index is 13.0. The minimum Gasteiger partial charge on any atom is -0.383 e. The van der Waals surface area contributed by atoms with Crippen LogP contribution in [0.2, 0.25) is 0 Å². The van der Waals surface area contributed by atoms with Gasteiger partial charge in [-0.2, -0.15) is 13.2 Å². The summed E-state index contributed by atoms with van der Waals surface area (Å²) in [6.45, 7) is 0. The Labute approximate surface area is 155 Å². The standard InChI is InChI=1S/C19H15F3N2O2S/c20-19(21,22)16-3-1-2-14(8-16)17-9-15(10-24-18(17)23)13-6-4-12(5-7-13)11-27(25)26/h1-10,27H,11H2,(H2,23,24). The quantitative estimate of drug-likeness (QED) is 0.655. The average Bonchev–Trinajstić information content (AvgIpc) is 2.62. The van der Waals surface area contributed by atoms with E-state index in [-0.39, 0.29) is 11.6 Å². The number of pyridine rings is 1. The molecule has 1 aromatic heterocycles. The van der Waals surface area contributed by atoms with E-state index in [2.05, 4.69) is 4.98 Å². The minimum atomic E-state index is -4.45. The van der Waals surface area contributed by atoms with Crippen LogP contribution in [0.15, 0.2) is 60.8 Å². The summed E-state index contributed by atoms with van der Waals surface area (Å²) >= 11 is 0. The van der Waals surface area contributed by atoms with Crippen molar-refractivity contribution in [3.63, 3.8) is 0 Å². The molecule has 0 aliphatic rings. The van der Waals surface area contributed by atoms with Crippen molar-refractivity contribution in [3.05, 3.63) is 71.9 Å². The molecule has 0 saturated heterocycles. The lowest BCUT2D eigenvalue weighted by molar-refractivity contribution is -0.137. The van der Waals surface area contributed by atoms with Gasteiger partial charge in [-0.15, -0.1) is 0 Å². The van der Waals surface area contributed by atoms with Gasteiger partial charge in [0.2, 0.25) is 0 Å². The molecule has 8 heteroatoms. The van der Waals surface area contributed by atoms with Crippen LogP contribution in [0.5, 0.6) is 0 Å². The van der Waals surface area contributed by atoms with Crippen molar-refractivity contribution in [2.75, 3.05) is 5.73 Å². The third kappa shape index (κ3) is 4.46. The van der Waals surface area contributed by atoms with Gasteiger partial charge in [-0.05, 0) is 34.9 Å². The number of rotatable bonds is 4. The molecule has 0 bridgehead atoms. The highest BCUT2D eigenvalue weighted by Crippen LogP contribution is 2.34. The minimum absolute atomic E-state index is 0.0505. The molecule has 27 heavy (non-hydrogen) atoms. The highest BCUT2D eigenvalue weighted by molar-refractivity contribution is 7.71. The second kappa shape index (κ2) is 7.40. The molecule has 0 radical (unpaired) electrons. The van der Waals surface area contributed by atoms with Crippen molar-refractivity contribution < 1.29 is 21.6 Å². The van der Waals surface area contributed by atoms with Crippen LogP contribution in [0.1, 0.15) is 11.1 Å². The summed E-state index contributed by atoms with van der Waals surface area (Å²) in [7, 11) is -2.51. The summed E-state index contributed by atoms with van der Waals surface area (Å²) < 4.78 is 60.5. The number of hydrogen-bond donors (Lipinski definition) is 2. The first-order valence-corrected chi connectivity index (χ1v) is 9.24. The molecule has 140 valence electrons. The maximum Gasteiger partial charge on any atom is 0.416 e. The summed E-state index contributed by atoms with van der Waals surface area (Å²) in [6, 6.07) is 13.4. The number of thiol groups is 1. The van der Waals surface area contributed by atoms with Crippen LogP contribution < -0.4 is 5.73 Å². The van der Waals surface area contributed by atoms with E-state index in [9.17, 15) is 21.6 Å². The lowest BCUT2D eigenvalue weighted by atomic mass is 9.99. The predicted molar refractivity (Wildman–Crippen MR) is 98.5 cm³/mol. The second-order valence-corrected chi connectivity index (χ2v) is 6.90. The summed E-state index contributed by atoms with van der Waals surface area (Å²) in [5.74, 6) is 0.0727. The molecule has 0 fully saturated rings. The van der Waals surface area contributed by atoms with Crippen LogP contribution in [-0.4, -0.2) is 13.4 Å². The number of benzene rings is 2. The van der Waals surface area contributed by atoms with E-state index < -0.39 is 22.4 Å². The van der Waals surface area contributed by atoms with E-state index >= 15 is 0 Å². The number of nitrogens with two attached hydrogens (primary N) is 1. The fourth-order valence-corrected chi connectivity index (χ4v) is 3.19. The largest absolute Gasteiger partial charge is 0.416 e. The lowest BCUT2D eigenvalue weighted by Crippen LogP contribution is -2.05. The summed E-state index contributed by atoms with van der Waals surface area (Å²) in [4.78, 5) is 4.09. The Balaban J connectivity index is 2.00. The van der Waals surface area contributed by atoms with Gasteiger partial charge in [0.1, 0.15) is 16.5 Å². The average molecular weight is 392 g/mol. The number of alkyl halides is 3. The topological polar surface area (TPSA) is 73.0 Å². The molecule has 2 aromatic carbocycles. The molecular formula is C19H15F3N2O2S. The van der Waals surface area contributed by atoms with E-state index in [1.54, 1.807) is 36.4 Å². The Morgan fingerprint density at radius 1 is 0.926 bits per heavy atom. The normalized spacial score (nSPS) is 11.7. The van der Waals surface area contributed by atoms with E-state index in [0.29, 0.717) is 22.3 Å². The number of aromatic nitrogens is 1. The molecule has 0 aliphatic carbocycles. The van der Waals surface area contributed by atoms with Crippen LogP contribution in [0.4, 0.5) is 19.0 Å². The molecule has 0 atom stereocenters. The van der Waals surface area contributed by atoms with Crippen molar-refractivity contribution in [2.24, 2.45) is 0 Å². The number of hydrogen-bond acceptors (Lipinski definition) is 4. The zero-order chi connectivity index (χ0) is 19.6. The molecule has 0 unspecified atom stereocenters. The maximum absolute atomic E-state index is 13.0. The van der Waals surface area contributed by atoms with Crippen molar-refractivity contribution in [2.45, 2.75) is 11.9 Å². The van der Waals surface area contributed by atoms with Crippen LogP contribution >= 0.6 is 0 Å². The van der Waals surface area contributed by atoms with Gasteiger partial charge in [-0.25, -0.2) is 13.4 Å². The molecule has 3 aromatic rings. The van der Waals surface area contributed by atoms with Gasteiger partial charge in [0, 0.05) is 17.3 Å². The van der Waals surface area contributed by atoms with Crippen LogP contribution in [0, 0.1) is 0 Å². The number of anilines is 1. The Kier molecular flexibility index (Phi) is 5.18. The third-order valence-electron chi connectivity index (χ3n) is 4.02. The fraction of sp³-hybridized carbons (Fsp3) is 0.105. The summed E-state index contributed by atoms with van der Waals surface area (Å²) in [5.41, 5.74) is 7.89. The predicted octanol–water partition coefficient (Wildman–Crippen LogP) is 4.13. The van der Waals surface area contributed by atoms with Crippen molar-refractivity contribution in [1.82, 2.24) is 4.98 Å². The zero-order valence-corrected chi connectivity index (χ0v) is 14.8. The first-order chi connectivity index (χ1) is 12.7. The van der Waals surface area contributed by atoms with E-state index in [0.717, 1.165) is 17.7 Å². The molecule has 0 saturated carbocycles. The van der Waals surface area contributed by atoms with Crippen LogP contribution in [0.25, 0.3) is 22.3 Å². The van der Waals surface area contributed by atoms with Crippen LogP contribution in [-0.2, 0) is 22.6 Å². The smallest absolute Gasteiger partial charge is 0.383 e. The van der Waals surface area contributed by atoms with Crippen molar-refractivity contribution in [3.8, 4) is 22.3 Å². The van der Waals surface area contributed by atoms with Crippen molar-refractivity contribution in [1.29, 1.82) is 0 Å². The third-order valence-corrected chi connectivity index (χ3v) is 4.64. The molecule has 0 spiro atoms. The first kappa shape index (κ1) is 18.9. The molecule has 1 heterocycles. The van der Waals surface area contributed by atoms with Gasteiger partial charge in [-0.3, -0.25) is 0 Å². The molecule has 2 N–H and O–H groups in total. The lowest BCUT2D eigenvalue weighted by Gasteiger charge is -2.12. The Hall–Kier alpha value is -2.87. The SMILES string of the molecule is Nc1ncc(-c2ccc(C[SH](=O)=O)cc2)cc1-c1cccc(C(F)(F)F)c1. The van der Waals surface area contributed by atoms with Gasteiger partial charge < -0.3 is 5.73 Å². The zero-order valence-electron chi connectivity index (χ0n) is 13.9. The van der Waals surface area contributed by atoms with Crippen LogP contribution in [0.3, 0.4) is 0 Å². The highest BCUT2D eigenvalue weighted by atomic mass is 32.2. The Bertz CT molecular complexity index is 1040. The monoisotopic (exact) mass is 392 g/mol. The summed E-state index contributed by atoms with van der Waals surface area (Å²) in [5, 5.41) is 0. The van der Waals surface area contributed by atoms with Gasteiger partial charge in [0.25, 0.3) is 0 Å². The molecule has 0 amide bonds. The van der Waals surface area contributed by atoms with Gasteiger partial charge >= 0.3 is 6.18 Å². The van der Waals surface area contributed by atoms with Gasteiger partial charge in [-0.1, -0.05) is 36.4 Å².